The van der Waals surface area contributed by atoms with Gasteiger partial charge in [0.05, 0.1) is 0 Å². The number of aryl methyl sites for hydroxylation is 2. The molecule has 2 rings (SSSR count). The molecule has 0 amide bonds. The zero-order valence-corrected chi connectivity index (χ0v) is 11.6. The molecule has 1 aromatic carbocycles. The summed E-state index contributed by atoms with van der Waals surface area (Å²) in [5.74, 6) is 0.764. The Balaban J connectivity index is 1.81. The molecule has 4 heteroatoms. The van der Waals surface area contributed by atoms with Crippen LogP contribution in [0.1, 0.15) is 24.0 Å². The third-order valence-electron chi connectivity index (χ3n) is 3.07. The molecule has 1 atom stereocenters. The van der Waals surface area contributed by atoms with E-state index in [1.165, 1.54) is 12.8 Å². The maximum absolute atomic E-state index is 9.77. The number of rotatable bonds is 6. The van der Waals surface area contributed by atoms with Crippen LogP contribution in [0.4, 0.5) is 0 Å². The van der Waals surface area contributed by atoms with Crippen LogP contribution in [-0.2, 0) is 0 Å². The van der Waals surface area contributed by atoms with Crippen molar-refractivity contribution in [3.63, 3.8) is 0 Å². The van der Waals surface area contributed by atoms with Crippen LogP contribution in [-0.4, -0.2) is 30.4 Å². The second-order valence-electron chi connectivity index (χ2n) is 5.02. The summed E-state index contributed by atoms with van der Waals surface area (Å²) in [4.78, 5) is 0. The zero-order chi connectivity index (χ0) is 13.1. The van der Waals surface area contributed by atoms with E-state index in [-0.39, 0.29) is 0 Å². The normalized spacial score (nSPS) is 16.7. The van der Waals surface area contributed by atoms with Crippen LogP contribution in [0.25, 0.3) is 0 Å². The fraction of sp³-hybridized carbons (Fsp3) is 0.571. The lowest BCUT2D eigenvalue weighted by atomic mass is 10.1. The molecule has 100 valence electrons. The smallest absolute Gasteiger partial charge is 0.120 e. The average molecular weight is 270 g/mol. The molecule has 1 aliphatic rings. The summed E-state index contributed by atoms with van der Waals surface area (Å²) in [7, 11) is 0. The van der Waals surface area contributed by atoms with Gasteiger partial charge in [0, 0.05) is 17.6 Å². The molecule has 3 nitrogen and oxygen atoms in total. The molecule has 0 spiro atoms. The van der Waals surface area contributed by atoms with Crippen molar-refractivity contribution in [1.29, 1.82) is 0 Å². The van der Waals surface area contributed by atoms with Crippen LogP contribution >= 0.6 is 11.6 Å². The average Bonchev–Trinajstić information content (AvgIpc) is 3.14. The predicted octanol–water partition coefficient (Wildman–Crippen LogP) is 2.45. The quantitative estimate of drug-likeness (QED) is 0.834. The second kappa shape index (κ2) is 5.91. The van der Waals surface area contributed by atoms with E-state index in [4.69, 9.17) is 16.3 Å². The summed E-state index contributed by atoms with van der Waals surface area (Å²) in [6.07, 6.45) is 1.98. The van der Waals surface area contributed by atoms with Gasteiger partial charge in [-0.3, -0.25) is 0 Å². The maximum Gasteiger partial charge on any atom is 0.120 e. The highest BCUT2D eigenvalue weighted by Crippen LogP contribution is 2.25. The van der Waals surface area contributed by atoms with Crippen molar-refractivity contribution in [2.24, 2.45) is 0 Å². The molecule has 2 N–H and O–H groups in total. The van der Waals surface area contributed by atoms with E-state index in [0.717, 1.165) is 21.9 Å². The van der Waals surface area contributed by atoms with Crippen LogP contribution in [0.15, 0.2) is 12.1 Å². The van der Waals surface area contributed by atoms with Crippen molar-refractivity contribution in [3.8, 4) is 5.75 Å². The topological polar surface area (TPSA) is 41.5 Å². The van der Waals surface area contributed by atoms with Crippen LogP contribution in [0.2, 0.25) is 5.02 Å². The Bertz CT molecular complexity index is 395. The number of aliphatic hydroxyl groups is 1. The van der Waals surface area contributed by atoms with Crippen molar-refractivity contribution in [2.45, 2.75) is 38.8 Å². The Kier molecular flexibility index (Phi) is 4.49. The van der Waals surface area contributed by atoms with Gasteiger partial charge in [-0.25, -0.2) is 0 Å². The van der Waals surface area contributed by atoms with Gasteiger partial charge < -0.3 is 15.2 Å². The van der Waals surface area contributed by atoms with E-state index in [1.807, 2.05) is 26.0 Å². The molecule has 1 unspecified atom stereocenters. The Morgan fingerprint density at radius 3 is 2.56 bits per heavy atom. The van der Waals surface area contributed by atoms with E-state index in [1.54, 1.807) is 0 Å². The maximum atomic E-state index is 9.77. The van der Waals surface area contributed by atoms with Gasteiger partial charge in [0.15, 0.2) is 0 Å². The van der Waals surface area contributed by atoms with Crippen molar-refractivity contribution < 1.29 is 9.84 Å². The van der Waals surface area contributed by atoms with Crippen molar-refractivity contribution >= 4 is 11.6 Å². The summed E-state index contributed by atoms with van der Waals surface area (Å²) in [5.41, 5.74) is 1.99. The Hall–Kier alpha value is -0.770. The molecule has 1 aliphatic carbocycles. The van der Waals surface area contributed by atoms with Gasteiger partial charge in [-0.05, 0) is 49.9 Å². The van der Waals surface area contributed by atoms with Crippen molar-refractivity contribution in [3.05, 3.63) is 28.3 Å². The van der Waals surface area contributed by atoms with Gasteiger partial charge >= 0.3 is 0 Å². The van der Waals surface area contributed by atoms with E-state index in [9.17, 15) is 5.11 Å². The van der Waals surface area contributed by atoms with Gasteiger partial charge in [-0.1, -0.05) is 11.6 Å². The lowest BCUT2D eigenvalue weighted by molar-refractivity contribution is 0.106. The minimum atomic E-state index is -0.470. The first-order chi connectivity index (χ1) is 8.56. The molecular weight excluding hydrogens is 250 g/mol. The number of hydrogen-bond donors (Lipinski definition) is 2. The summed E-state index contributed by atoms with van der Waals surface area (Å²) in [6, 6.07) is 4.41. The van der Waals surface area contributed by atoms with Crippen LogP contribution in [0.5, 0.6) is 5.75 Å². The first-order valence-corrected chi connectivity index (χ1v) is 6.75. The molecule has 0 radical (unpaired) electrons. The van der Waals surface area contributed by atoms with Crippen molar-refractivity contribution in [2.75, 3.05) is 13.2 Å². The van der Waals surface area contributed by atoms with E-state index in [2.05, 4.69) is 5.32 Å². The van der Waals surface area contributed by atoms with Crippen LogP contribution in [0.3, 0.4) is 0 Å². The molecule has 18 heavy (non-hydrogen) atoms. The summed E-state index contributed by atoms with van der Waals surface area (Å²) < 4.78 is 5.59. The molecule has 1 aromatic rings. The highest BCUT2D eigenvalue weighted by atomic mass is 35.5. The van der Waals surface area contributed by atoms with E-state index in [0.29, 0.717) is 19.2 Å². The van der Waals surface area contributed by atoms with Crippen LogP contribution < -0.4 is 10.1 Å². The molecule has 0 aliphatic heterocycles. The largest absolute Gasteiger partial charge is 0.491 e. The minimum Gasteiger partial charge on any atom is -0.491 e. The number of aliphatic hydroxyl groups excluding tert-OH is 1. The SMILES string of the molecule is Cc1cc(OCC(O)CNC2CC2)cc(C)c1Cl. The lowest BCUT2D eigenvalue weighted by Gasteiger charge is -2.14. The van der Waals surface area contributed by atoms with Crippen LogP contribution in [0, 0.1) is 13.8 Å². The fourth-order valence-electron chi connectivity index (χ4n) is 1.83. The second-order valence-corrected chi connectivity index (χ2v) is 5.40. The van der Waals surface area contributed by atoms with Gasteiger partial charge in [-0.15, -0.1) is 0 Å². The Labute approximate surface area is 113 Å². The van der Waals surface area contributed by atoms with Gasteiger partial charge in [0.2, 0.25) is 0 Å². The number of benzene rings is 1. The highest BCUT2D eigenvalue weighted by molar-refractivity contribution is 6.32. The minimum absolute atomic E-state index is 0.306. The number of ether oxygens (including phenoxy) is 1. The number of hydrogen-bond acceptors (Lipinski definition) is 3. The Morgan fingerprint density at radius 1 is 1.39 bits per heavy atom. The molecule has 0 heterocycles. The molecular formula is C14H20ClNO2. The van der Waals surface area contributed by atoms with E-state index < -0.39 is 6.10 Å². The standard InChI is InChI=1S/C14H20ClNO2/c1-9-5-13(6-10(2)14(9)15)18-8-12(17)7-16-11-3-4-11/h5-6,11-12,16-17H,3-4,7-8H2,1-2H3. The molecule has 1 fully saturated rings. The van der Waals surface area contributed by atoms with Gasteiger partial charge in [-0.2, -0.15) is 0 Å². The highest BCUT2D eigenvalue weighted by Gasteiger charge is 2.21. The molecule has 0 saturated heterocycles. The third-order valence-corrected chi connectivity index (χ3v) is 3.67. The molecule has 0 bridgehead atoms. The number of halogens is 1. The molecule has 1 saturated carbocycles. The van der Waals surface area contributed by atoms with Gasteiger partial charge in [0.1, 0.15) is 18.5 Å². The zero-order valence-electron chi connectivity index (χ0n) is 10.9. The lowest BCUT2D eigenvalue weighted by Crippen LogP contribution is -2.32. The van der Waals surface area contributed by atoms with E-state index >= 15 is 0 Å². The first-order valence-electron chi connectivity index (χ1n) is 6.37. The first kappa shape index (κ1) is 13.7. The number of nitrogens with one attached hydrogen (secondary N) is 1. The third kappa shape index (κ3) is 3.87. The predicted molar refractivity (Wildman–Crippen MR) is 73.5 cm³/mol. The van der Waals surface area contributed by atoms with Crippen molar-refractivity contribution in [1.82, 2.24) is 5.32 Å². The Morgan fingerprint density at radius 2 is 2.00 bits per heavy atom. The summed E-state index contributed by atoms with van der Waals surface area (Å²) >= 11 is 6.09. The molecule has 0 aromatic heterocycles. The summed E-state index contributed by atoms with van der Waals surface area (Å²) in [5, 5.41) is 13.8. The monoisotopic (exact) mass is 269 g/mol. The summed E-state index contributed by atoms with van der Waals surface area (Å²) in [6.45, 7) is 4.80. The van der Waals surface area contributed by atoms with Gasteiger partial charge in [0.25, 0.3) is 0 Å². The fourth-order valence-corrected chi connectivity index (χ4v) is 1.94.